The molecule has 2 aliphatic rings. The molecule has 1 aromatic carbocycles. The van der Waals surface area contributed by atoms with Gasteiger partial charge in [-0.3, -0.25) is 9.59 Å². The zero-order chi connectivity index (χ0) is 19.6. The highest BCUT2D eigenvalue weighted by atomic mass is 16.5. The lowest BCUT2D eigenvalue weighted by molar-refractivity contribution is -0.147. The van der Waals surface area contributed by atoms with Gasteiger partial charge in [-0.05, 0) is 24.6 Å². The van der Waals surface area contributed by atoms with Crippen molar-refractivity contribution in [3.8, 4) is 11.4 Å². The summed E-state index contributed by atoms with van der Waals surface area (Å²) in [5.74, 6) is -1.79. The number of hydrogen-bond donors (Lipinski definition) is 0. The van der Waals surface area contributed by atoms with E-state index in [4.69, 9.17) is 14.5 Å². The Hall–Kier alpha value is -3.48. The van der Waals surface area contributed by atoms with Gasteiger partial charge in [0.1, 0.15) is 6.61 Å². The number of rotatable bonds is 1. The van der Waals surface area contributed by atoms with Crippen LogP contribution in [0.2, 0.25) is 0 Å². The van der Waals surface area contributed by atoms with E-state index >= 15 is 0 Å². The fourth-order valence-corrected chi connectivity index (χ4v) is 4.16. The van der Waals surface area contributed by atoms with Crippen LogP contribution in [-0.2, 0) is 27.4 Å². The van der Waals surface area contributed by atoms with Crippen LogP contribution in [0.3, 0.4) is 0 Å². The molecule has 2 aromatic heterocycles. The van der Waals surface area contributed by atoms with E-state index in [1.807, 2.05) is 30.3 Å². The molecule has 0 bridgehead atoms. The molecular weight excluding hydrogens is 360 g/mol. The Kier molecular flexibility index (Phi) is 3.43. The Labute approximate surface area is 159 Å². The summed E-state index contributed by atoms with van der Waals surface area (Å²) in [5, 5.41) is 0.957. The summed E-state index contributed by atoms with van der Waals surface area (Å²) in [6, 6.07) is 9.63. The predicted octanol–water partition coefficient (Wildman–Crippen LogP) is 2.37. The molecule has 0 N–H and O–H groups in total. The summed E-state index contributed by atoms with van der Waals surface area (Å²) in [5.41, 5.74) is 3.28. The number of methoxy groups -OCH3 is 1. The molecule has 140 valence electrons. The molecule has 7 nitrogen and oxygen atoms in total. The molecule has 5 rings (SSSR count). The van der Waals surface area contributed by atoms with Crippen LogP contribution in [0.25, 0.3) is 22.3 Å². The van der Waals surface area contributed by atoms with E-state index in [2.05, 4.69) is 0 Å². The topological polar surface area (TPSA) is 87.5 Å². The average Bonchev–Trinajstić information content (AvgIpc) is 3.07. The Morgan fingerprint density at radius 3 is 2.86 bits per heavy atom. The van der Waals surface area contributed by atoms with Crippen molar-refractivity contribution in [1.29, 1.82) is 0 Å². The van der Waals surface area contributed by atoms with Crippen LogP contribution in [0, 0.1) is 0 Å². The zero-order valence-corrected chi connectivity index (χ0v) is 15.3. The van der Waals surface area contributed by atoms with Crippen molar-refractivity contribution in [3.05, 3.63) is 62.9 Å². The smallest absolute Gasteiger partial charge is 0.340 e. The van der Waals surface area contributed by atoms with Gasteiger partial charge in [-0.15, -0.1) is 0 Å². The van der Waals surface area contributed by atoms with E-state index in [1.165, 1.54) is 11.7 Å². The van der Waals surface area contributed by atoms with Crippen LogP contribution in [0.15, 0.2) is 35.1 Å². The van der Waals surface area contributed by atoms with E-state index in [1.54, 1.807) is 6.92 Å². The van der Waals surface area contributed by atoms with Gasteiger partial charge in [0, 0.05) is 10.9 Å². The van der Waals surface area contributed by atoms with Crippen molar-refractivity contribution in [3.63, 3.8) is 0 Å². The number of carbonyl (C=O) groups is 2. The molecule has 2 aliphatic heterocycles. The number of esters is 2. The van der Waals surface area contributed by atoms with E-state index in [0.29, 0.717) is 29.1 Å². The minimum atomic E-state index is -0.735. The molecule has 7 heteroatoms. The lowest BCUT2D eigenvalue weighted by Crippen LogP contribution is -2.34. The fourth-order valence-electron chi connectivity index (χ4n) is 4.16. The number of pyridine rings is 2. The SMILES string of the molecule is COC(=O)c1c2c(c(=O)n3c1-c1nc4ccccc4cc1C3)COC(=O)C2C. The highest BCUT2D eigenvalue weighted by molar-refractivity contribution is 6.01. The summed E-state index contributed by atoms with van der Waals surface area (Å²) < 4.78 is 11.7. The first-order valence-corrected chi connectivity index (χ1v) is 8.94. The molecule has 28 heavy (non-hydrogen) atoms. The number of nitrogens with zero attached hydrogens (tertiary/aromatic N) is 2. The maximum Gasteiger partial charge on any atom is 0.340 e. The quantitative estimate of drug-likeness (QED) is 0.474. The largest absolute Gasteiger partial charge is 0.465 e. The van der Waals surface area contributed by atoms with Crippen LogP contribution in [-0.4, -0.2) is 28.6 Å². The molecule has 0 aliphatic carbocycles. The molecule has 0 amide bonds. The number of hydrogen-bond acceptors (Lipinski definition) is 6. The minimum Gasteiger partial charge on any atom is -0.465 e. The van der Waals surface area contributed by atoms with E-state index in [-0.39, 0.29) is 17.7 Å². The number of cyclic esters (lactones) is 1. The summed E-state index contributed by atoms with van der Waals surface area (Å²) in [4.78, 5) is 42.8. The Morgan fingerprint density at radius 2 is 2.07 bits per heavy atom. The maximum atomic E-state index is 13.2. The van der Waals surface area contributed by atoms with Gasteiger partial charge in [-0.1, -0.05) is 18.2 Å². The summed E-state index contributed by atoms with van der Waals surface area (Å²) in [6.45, 7) is 1.79. The van der Waals surface area contributed by atoms with Gasteiger partial charge in [-0.25, -0.2) is 9.78 Å². The first kappa shape index (κ1) is 16.7. The molecule has 0 saturated heterocycles. The van der Waals surface area contributed by atoms with Crippen LogP contribution >= 0.6 is 0 Å². The Bertz CT molecular complexity index is 1260. The summed E-state index contributed by atoms with van der Waals surface area (Å²) >= 11 is 0. The fraction of sp³-hybridized carbons (Fsp3) is 0.238. The second kappa shape index (κ2) is 5.76. The van der Waals surface area contributed by atoms with Crippen molar-refractivity contribution in [1.82, 2.24) is 9.55 Å². The average molecular weight is 376 g/mol. The van der Waals surface area contributed by atoms with Gasteiger partial charge < -0.3 is 14.0 Å². The lowest BCUT2D eigenvalue weighted by Gasteiger charge is -2.25. The highest BCUT2D eigenvalue weighted by Crippen LogP contribution is 2.39. The molecule has 0 saturated carbocycles. The van der Waals surface area contributed by atoms with Crippen LogP contribution in [0.1, 0.15) is 39.9 Å². The molecule has 0 fully saturated rings. The Morgan fingerprint density at radius 1 is 1.29 bits per heavy atom. The summed E-state index contributed by atoms with van der Waals surface area (Å²) in [6.07, 6.45) is 0. The molecule has 3 aromatic rings. The van der Waals surface area contributed by atoms with Gasteiger partial charge in [0.25, 0.3) is 5.56 Å². The van der Waals surface area contributed by atoms with Crippen molar-refractivity contribution >= 4 is 22.8 Å². The van der Waals surface area contributed by atoms with Gasteiger partial charge in [0.15, 0.2) is 0 Å². The molecular formula is C21H16N2O5. The zero-order valence-electron chi connectivity index (χ0n) is 15.3. The van der Waals surface area contributed by atoms with E-state index in [9.17, 15) is 14.4 Å². The number of carbonyl (C=O) groups excluding carboxylic acids is 2. The van der Waals surface area contributed by atoms with Crippen molar-refractivity contribution in [2.24, 2.45) is 0 Å². The third-order valence-electron chi connectivity index (χ3n) is 5.50. The third kappa shape index (κ3) is 2.10. The van der Waals surface area contributed by atoms with Crippen LogP contribution in [0.4, 0.5) is 0 Å². The molecule has 1 atom stereocenters. The third-order valence-corrected chi connectivity index (χ3v) is 5.50. The summed E-state index contributed by atoms with van der Waals surface area (Å²) in [7, 11) is 1.28. The van der Waals surface area contributed by atoms with Crippen molar-refractivity contribution < 1.29 is 19.1 Å². The number of aromatic nitrogens is 2. The van der Waals surface area contributed by atoms with Gasteiger partial charge in [0.2, 0.25) is 0 Å². The molecule has 4 heterocycles. The number of fused-ring (bicyclic) bond motifs is 5. The first-order chi connectivity index (χ1) is 13.5. The monoisotopic (exact) mass is 376 g/mol. The minimum absolute atomic E-state index is 0.145. The lowest BCUT2D eigenvalue weighted by atomic mass is 9.88. The van der Waals surface area contributed by atoms with Crippen LogP contribution < -0.4 is 5.56 Å². The highest BCUT2D eigenvalue weighted by Gasteiger charge is 2.39. The molecule has 0 spiro atoms. The number of benzene rings is 1. The second-order valence-electron chi connectivity index (χ2n) is 7.02. The second-order valence-corrected chi connectivity index (χ2v) is 7.02. The van der Waals surface area contributed by atoms with Crippen molar-refractivity contribution in [2.45, 2.75) is 26.0 Å². The molecule has 1 unspecified atom stereocenters. The maximum absolute atomic E-state index is 13.2. The predicted molar refractivity (Wildman–Crippen MR) is 100 cm³/mol. The van der Waals surface area contributed by atoms with Gasteiger partial charge in [0.05, 0.1) is 47.6 Å². The normalized spacial score (nSPS) is 16.9. The number of para-hydroxylation sites is 1. The van der Waals surface area contributed by atoms with E-state index in [0.717, 1.165) is 16.5 Å². The molecule has 0 radical (unpaired) electrons. The van der Waals surface area contributed by atoms with Crippen LogP contribution in [0.5, 0.6) is 0 Å². The number of ether oxygens (including phenoxy) is 2. The van der Waals surface area contributed by atoms with Crippen molar-refractivity contribution in [2.75, 3.05) is 7.11 Å². The van der Waals surface area contributed by atoms with Gasteiger partial charge >= 0.3 is 11.9 Å². The van der Waals surface area contributed by atoms with E-state index < -0.39 is 17.9 Å². The first-order valence-electron chi connectivity index (χ1n) is 8.94. The Balaban J connectivity index is 1.91. The standard InChI is InChI=1S/C21H16N2O5/c1-10-15-13(9-28-20(10)25)19(24)23-8-12-7-11-5-3-4-6-14(11)22-17(12)18(23)16(15)21(26)27-2/h3-7,10H,8-9H2,1-2H3. The van der Waals surface area contributed by atoms with Gasteiger partial charge in [-0.2, -0.15) is 0 Å².